The Morgan fingerprint density at radius 1 is 0.582 bits per heavy atom. The van der Waals surface area contributed by atoms with Gasteiger partial charge in [-0.05, 0) is 38.5 Å². The molecule has 0 aliphatic heterocycles. The van der Waals surface area contributed by atoms with E-state index in [1.807, 2.05) is 0 Å². The number of ether oxygens (including phenoxy) is 2. The molecular formula is C42H79O12P. The van der Waals surface area contributed by atoms with Gasteiger partial charge in [-0.2, -0.15) is 0 Å². The number of rotatable bonds is 36. The summed E-state index contributed by atoms with van der Waals surface area (Å²) in [7, 11) is -5.01. The maximum absolute atomic E-state index is 12.8. The van der Waals surface area contributed by atoms with Gasteiger partial charge < -0.3 is 39.9 Å². The van der Waals surface area contributed by atoms with E-state index < -0.39 is 63.1 Å². The second kappa shape index (κ2) is 33.8. The third kappa shape index (κ3) is 26.4. The summed E-state index contributed by atoms with van der Waals surface area (Å²) in [4.78, 5) is 23.1. The molecule has 0 heterocycles. The minimum Gasteiger partial charge on any atom is -0.457 e. The molecule has 1 fully saturated rings. The molecule has 6 N–H and O–H groups in total. The van der Waals surface area contributed by atoms with Crippen LogP contribution in [0.15, 0.2) is 24.3 Å². The number of allylic oxidation sites excluding steroid dienone is 4. The van der Waals surface area contributed by atoms with Crippen LogP contribution in [0, 0.1) is 0 Å². The molecule has 324 valence electrons. The van der Waals surface area contributed by atoms with E-state index in [0.29, 0.717) is 13.0 Å². The van der Waals surface area contributed by atoms with E-state index in [-0.39, 0.29) is 13.0 Å². The first-order valence-corrected chi connectivity index (χ1v) is 23.2. The van der Waals surface area contributed by atoms with E-state index in [1.165, 1.54) is 83.5 Å². The van der Waals surface area contributed by atoms with Gasteiger partial charge in [0.25, 0.3) is 0 Å². The molecule has 0 saturated heterocycles. The Bertz CT molecular complexity index is 1010. The molecular weight excluding hydrogens is 727 g/mol. The number of hydrogen-bond donors (Lipinski definition) is 6. The molecule has 13 heteroatoms. The van der Waals surface area contributed by atoms with E-state index in [2.05, 4.69) is 38.2 Å². The van der Waals surface area contributed by atoms with Gasteiger partial charge in [-0.15, -0.1) is 0 Å². The molecule has 1 rings (SSSR count). The number of phosphoric acid groups is 1. The lowest BCUT2D eigenvalue weighted by atomic mass is 9.85. The minimum absolute atomic E-state index is 0.0806. The number of hydrogen-bond acceptors (Lipinski definition) is 11. The predicted octanol–water partition coefficient (Wildman–Crippen LogP) is 8.14. The highest BCUT2D eigenvalue weighted by molar-refractivity contribution is 7.47. The van der Waals surface area contributed by atoms with Gasteiger partial charge in [0.1, 0.15) is 42.7 Å². The van der Waals surface area contributed by atoms with Crippen LogP contribution in [0.3, 0.4) is 0 Å². The van der Waals surface area contributed by atoms with Crippen molar-refractivity contribution in [3.8, 4) is 0 Å². The largest absolute Gasteiger partial charge is 0.472 e. The first-order valence-electron chi connectivity index (χ1n) is 21.7. The number of carbonyl (C=O) groups excluding carboxylic acids is 1. The summed E-state index contributed by atoms with van der Waals surface area (Å²) in [6.45, 7) is 4.19. The number of aliphatic hydroxyl groups is 5. The molecule has 55 heavy (non-hydrogen) atoms. The van der Waals surface area contributed by atoms with E-state index in [4.69, 9.17) is 18.5 Å². The highest BCUT2D eigenvalue weighted by atomic mass is 31.2. The predicted molar refractivity (Wildman–Crippen MR) is 216 cm³/mol. The minimum atomic E-state index is -5.01. The van der Waals surface area contributed by atoms with Crippen LogP contribution in [0.25, 0.3) is 0 Å². The summed E-state index contributed by atoms with van der Waals surface area (Å²) >= 11 is 0. The van der Waals surface area contributed by atoms with E-state index in [9.17, 15) is 39.8 Å². The molecule has 6 atom stereocenters. The maximum atomic E-state index is 12.8. The summed E-state index contributed by atoms with van der Waals surface area (Å²) in [6.07, 6.45) is 23.9. The highest BCUT2D eigenvalue weighted by Crippen LogP contribution is 2.47. The molecule has 1 aliphatic carbocycles. The fourth-order valence-electron chi connectivity index (χ4n) is 6.55. The van der Waals surface area contributed by atoms with Gasteiger partial charge in [0, 0.05) is 13.0 Å². The first-order chi connectivity index (χ1) is 26.5. The van der Waals surface area contributed by atoms with Gasteiger partial charge in [-0.1, -0.05) is 154 Å². The second-order valence-electron chi connectivity index (χ2n) is 15.2. The SMILES string of the molecule is CCCC/C=C\C/C=C\CCCCCCCCOCC(COP(=O)(O)OC1C(O)C(O)C(O)C(O)C1O)OC(=O)CCCCCCCCCCCCCCC. The van der Waals surface area contributed by atoms with Crippen molar-refractivity contribution in [2.45, 2.75) is 217 Å². The zero-order valence-electron chi connectivity index (χ0n) is 34.2. The lowest BCUT2D eigenvalue weighted by Crippen LogP contribution is -2.64. The molecule has 0 radical (unpaired) electrons. The normalized spacial score (nSPS) is 23.4. The fraction of sp³-hybridized carbons (Fsp3) is 0.881. The molecule has 6 unspecified atom stereocenters. The van der Waals surface area contributed by atoms with Crippen LogP contribution in [-0.4, -0.2) is 98.9 Å². The van der Waals surface area contributed by atoms with E-state index in [0.717, 1.165) is 64.2 Å². The van der Waals surface area contributed by atoms with E-state index >= 15 is 0 Å². The Kier molecular flexibility index (Phi) is 31.8. The molecule has 0 aromatic rings. The number of phosphoric ester groups is 1. The van der Waals surface area contributed by atoms with Crippen molar-refractivity contribution in [1.82, 2.24) is 0 Å². The summed E-state index contributed by atoms with van der Waals surface area (Å²) in [6, 6.07) is 0. The molecule has 0 bridgehead atoms. The Morgan fingerprint density at radius 3 is 1.58 bits per heavy atom. The average molecular weight is 807 g/mol. The van der Waals surface area contributed by atoms with Crippen molar-refractivity contribution in [2.75, 3.05) is 19.8 Å². The van der Waals surface area contributed by atoms with Crippen molar-refractivity contribution in [2.24, 2.45) is 0 Å². The standard InChI is InChI=1S/C42H79O12P/c1-3-5-7-9-11-13-15-17-18-20-22-24-26-28-30-32-51-33-35(34-52-55(49,50)54-42-40(47)38(45)37(44)39(46)41(42)48)53-36(43)31-29-27-25-23-21-19-16-14-12-10-8-6-4-2/h9,11,15,17,35,37-42,44-48H,3-8,10,12-14,16,18-34H2,1-2H3,(H,49,50)/b11-9-,17-15-. The second-order valence-corrected chi connectivity index (χ2v) is 16.6. The van der Waals surface area contributed by atoms with Crippen molar-refractivity contribution in [1.29, 1.82) is 0 Å². The van der Waals surface area contributed by atoms with Crippen molar-refractivity contribution < 1.29 is 58.3 Å². The molecule has 0 aromatic heterocycles. The van der Waals surface area contributed by atoms with Gasteiger partial charge in [0.05, 0.1) is 13.2 Å². The smallest absolute Gasteiger partial charge is 0.457 e. The van der Waals surface area contributed by atoms with Crippen LogP contribution in [0.1, 0.15) is 174 Å². The lowest BCUT2D eigenvalue weighted by molar-refractivity contribution is -0.220. The van der Waals surface area contributed by atoms with Gasteiger partial charge in [-0.3, -0.25) is 13.8 Å². The first kappa shape index (κ1) is 51.8. The Hall–Kier alpha value is -1.18. The summed E-state index contributed by atoms with van der Waals surface area (Å²) in [5.74, 6) is -0.481. The molecule has 12 nitrogen and oxygen atoms in total. The van der Waals surface area contributed by atoms with Crippen LogP contribution in [0.2, 0.25) is 0 Å². The lowest BCUT2D eigenvalue weighted by Gasteiger charge is -2.41. The third-order valence-corrected chi connectivity index (χ3v) is 11.1. The number of aliphatic hydroxyl groups excluding tert-OH is 5. The number of unbranched alkanes of at least 4 members (excludes halogenated alkanes) is 20. The zero-order chi connectivity index (χ0) is 40.6. The van der Waals surface area contributed by atoms with E-state index in [1.54, 1.807) is 0 Å². The van der Waals surface area contributed by atoms with Crippen LogP contribution < -0.4 is 0 Å². The molecule has 0 amide bonds. The Balaban J connectivity index is 2.43. The van der Waals surface area contributed by atoms with Crippen molar-refractivity contribution in [3.63, 3.8) is 0 Å². The van der Waals surface area contributed by atoms with Crippen LogP contribution >= 0.6 is 7.82 Å². The molecule has 1 saturated carbocycles. The van der Waals surface area contributed by atoms with Gasteiger partial charge in [-0.25, -0.2) is 4.57 Å². The summed E-state index contributed by atoms with van der Waals surface area (Å²) in [5.41, 5.74) is 0. The average Bonchev–Trinajstić information content (AvgIpc) is 3.17. The molecule has 0 spiro atoms. The molecule has 1 aliphatic rings. The zero-order valence-corrected chi connectivity index (χ0v) is 35.1. The summed E-state index contributed by atoms with van der Waals surface area (Å²) < 4.78 is 34.1. The van der Waals surface area contributed by atoms with Crippen molar-refractivity contribution >= 4 is 13.8 Å². The number of carbonyl (C=O) groups is 1. The number of esters is 1. The quantitative estimate of drug-likeness (QED) is 0.0154. The van der Waals surface area contributed by atoms with Gasteiger partial charge >= 0.3 is 13.8 Å². The monoisotopic (exact) mass is 807 g/mol. The summed E-state index contributed by atoms with van der Waals surface area (Å²) in [5, 5.41) is 50.1. The maximum Gasteiger partial charge on any atom is 0.472 e. The molecule has 0 aromatic carbocycles. The Labute approximate surface area is 332 Å². The highest BCUT2D eigenvalue weighted by Gasteiger charge is 2.51. The van der Waals surface area contributed by atoms with Crippen LogP contribution in [-0.2, 0) is 27.9 Å². The van der Waals surface area contributed by atoms with Crippen LogP contribution in [0.5, 0.6) is 0 Å². The Morgan fingerprint density at radius 2 is 1.04 bits per heavy atom. The van der Waals surface area contributed by atoms with Crippen molar-refractivity contribution in [3.05, 3.63) is 24.3 Å². The third-order valence-electron chi connectivity index (χ3n) is 10.1. The van der Waals surface area contributed by atoms with Crippen LogP contribution in [0.4, 0.5) is 0 Å². The topological polar surface area (TPSA) is 192 Å². The van der Waals surface area contributed by atoms with Gasteiger partial charge in [0.2, 0.25) is 0 Å². The fourth-order valence-corrected chi connectivity index (χ4v) is 7.52. The van der Waals surface area contributed by atoms with Gasteiger partial charge in [0.15, 0.2) is 0 Å².